The Hall–Kier alpha value is -5.03. The van der Waals surface area contributed by atoms with Crippen molar-refractivity contribution in [3.8, 4) is 22.3 Å². The molecule has 0 N–H and O–H groups in total. The Morgan fingerprint density at radius 3 is 1.42 bits per heavy atom. The second-order valence-corrected chi connectivity index (χ2v) is 10.9. The lowest BCUT2D eigenvalue weighted by Crippen LogP contribution is -2.33. The van der Waals surface area contributed by atoms with Gasteiger partial charge < -0.3 is 0 Å². The maximum Gasteiger partial charge on any atom is 0.458 e. The smallest absolute Gasteiger partial charge is 0.191 e. The lowest BCUT2D eigenvalue weighted by molar-refractivity contribution is -0.288. The normalized spacial score (nSPS) is 12.8. The molecule has 8 aromatic rings. The summed E-state index contributed by atoms with van der Waals surface area (Å²) >= 11 is 0. The summed E-state index contributed by atoms with van der Waals surface area (Å²) in [5.41, 5.74) is 3.06. The number of benzene rings is 8. The zero-order valence-electron chi connectivity index (χ0n) is 22.5. The first-order valence-electron chi connectivity index (χ1n) is 13.9. The molecule has 0 spiro atoms. The Morgan fingerprint density at radius 2 is 0.837 bits per heavy atom. The average molecular weight is 573 g/mol. The second-order valence-electron chi connectivity index (χ2n) is 10.9. The fourth-order valence-electron chi connectivity index (χ4n) is 6.78. The molecule has 8 aromatic carbocycles. The Kier molecular flexibility index (Phi) is 5.36. The first kappa shape index (κ1) is 25.7. The minimum atomic E-state index is -5.71. The molecule has 0 aliphatic carbocycles. The maximum atomic E-state index is 14.8. The molecule has 0 radical (unpaired) electrons. The third-order valence-corrected chi connectivity index (χ3v) is 8.62. The van der Waals surface area contributed by atoms with Gasteiger partial charge in [-0.2, -0.15) is 22.0 Å². The summed E-state index contributed by atoms with van der Waals surface area (Å²) in [7, 11) is 0. The van der Waals surface area contributed by atoms with Crippen molar-refractivity contribution in [2.45, 2.75) is 12.1 Å². The number of fused-ring (bicyclic) bond motifs is 2. The molecule has 43 heavy (non-hydrogen) atoms. The Morgan fingerprint density at radius 1 is 0.372 bits per heavy atom. The lowest BCUT2D eigenvalue weighted by Gasteiger charge is -2.23. The minimum absolute atomic E-state index is 0.0933. The van der Waals surface area contributed by atoms with Crippen LogP contribution in [0.4, 0.5) is 22.0 Å². The molecule has 5 heteroatoms. The van der Waals surface area contributed by atoms with Gasteiger partial charge in [-0.05, 0) is 76.1 Å². The predicted molar refractivity (Wildman–Crippen MR) is 166 cm³/mol. The molecule has 0 amide bonds. The highest BCUT2D eigenvalue weighted by Crippen LogP contribution is 2.50. The molecule has 0 heterocycles. The number of rotatable bonds is 3. The second kappa shape index (κ2) is 8.98. The van der Waals surface area contributed by atoms with Gasteiger partial charge in [0.05, 0.1) is 0 Å². The molecule has 0 nitrogen and oxygen atoms in total. The summed E-state index contributed by atoms with van der Waals surface area (Å²) in [5, 5.41) is 7.37. The Balaban J connectivity index is 1.52. The molecular weight excluding hydrogens is 551 g/mol. The van der Waals surface area contributed by atoms with Gasteiger partial charge in [0.15, 0.2) is 0 Å². The van der Waals surface area contributed by atoms with Gasteiger partial charge in [-0.3, -0.25) is 0 Å². The fraction of sp³-hybridized carbons (Fsp3) is 0.0526. The van der Waals surface area contributed by atoms with Crippen molar-refractivity contribution in [3.63, 3.8) is 0 Å². The summed E-state index contributed by atoms with van der Waals surface area (Å²) in [6.07, 6.45) is -5.71. The Bertz CT molecular complexity index is 2290. The van der Waals surface area contributed by atoms with Gasteiger partial charge >= 0.3 is 12.1 Å². The van der Waals surface area contributed by atoms with Gasteiger partial charge in [-0.15, -0.1) is 0 Å². The molecule has 0 aromatic heterocycles. The number of alkyl halides is 5. The van der Waals surface area contributed by atoms with E-state index in [1.165, 1.54) is 12.1 Å². The third-order valence-electron chi connectivity index (χ3n) is 8.62. The molecule has 0 aliphatic heterocycles. The molecule has 0 fully saturated rings. The van der Waals surface area contributed by atoms with Crippen molar-refractivity contribution >= 4 is 53.9 Å². The van der Waals surface area contributed by atoms with Gasteiger partial charge in [-0.1, -0.05) is 127 Å². The van der Waals surface area contributed by atoms with Crippen LogP contribution in [0.3, 0.4) is 0 Å². The minimum Gasteiger partial charge on any atom is -0.191 e. The van der Waals surface area contributed by atoms with E-state index in [0.29, 0.717) is 16.2 Å². The summed E-state index contributed by atoms with van der Waals surface area (Å²) in [6, 6.07) is 39.6. The van der Waals surface area contributed by atoms with Crippen LogP contribution in [0, 0.1) is 0 Å². The van der Waals surface area contributed by atoms with E-state index in [1.807, 2.05) is 66.7 Å². The van der Waals surface area contributed by atoms with Gasteiger partial charge in [0.25, 0.3) is 0 Å². The van der Waals surface area contributed by atoms with Crippen molar-refractivity contribution in [1.29, 1.82) is 0 Å². The third kappa shape index (κ3) is 3.61. The van der Waals surface area contributed by atoms with Crippen LogP contribution in [0.5, 0.6) is 0 Å². The Labute approximate surface area is 242 Å². The van der Waals surface area contributed by atoms with Gasteiger partial charge in [0, 0.05) is 5.56 Å². The summed E-state index contributed by atoms with van der Waals surface area (Å²) in [4.78, 5) is 0. The van der Waals surface area contributed by atoms with Crippen molar-refractivity contribution in [3.05, 3.63) is 133 Å². The monoisotopic (exact) mass is 572 g/mol. The van der Waals surface area contributed by atoms with E-state index in [9.17, 15) is 22.0 Å². The number of hydrogen-bond donors (Lipinski definition) is 0. The predicted octanol–water partition coefficient (Wildman–Crippen LogP) is 11.9. The average Bonchev–Trinajstić information content (AvgIpc) is 3.02. The molecule has 208 valence electrons. The van der Waals surface area contributed by atoms with Gasteiger partial charge in [-0.25, -0.2) is 0 Å². The first-order chi connectivity index (χ1) is 20.8. The molecule has 0 atom stereocenters. The van der Waals surface area contributed by atoms with E-state index >= 15 is 0 Å². The van der Waals surface area contributed by atoms with E-state index in [2.05, 4.69) is 36.4 Å². The van der Waals surface area contributed by atoms with E-state index in [0.717, 1.165) is 60.6 Å². The molecule has 0 bridgehead atoms. The van der Waals surface area contributed by atoms with E-state index in [1.54, 1.807) is 6.07 Å². The lowest BCUT2D eigenvalue weighted by atomic mass is 9.83. The fourth-order valence-corrected chi connectivity index (χ4v) is 6.78. The summed E-state index contributed by atoms with van der Waals surface area (Å²) in [5.74, 6) is -4.99. The van der Waals surface area contributed by atoms with Crippen molar-refractivity contribution < 1.29 is 22.0 Å². The van der Waals surface area contributed by atoms with Crippen molar-refractivity contribution in [1.82, 2.24) is 0 Å². The molecule has 0 unspecified atom stereocenters. The topological polar surface area (TPSA) is 0 Å². The summed E-state index contributed by atoms with van der Waals surface area (Å²) in [6.45, 7) is 0. The van der Waals surface area contributed by atoms with E-state index in [4.69, 9.17) is 0 Å². The molecule has 0 saturated carbocycles. The highest BCUT2D eigenvalue weighted by Gasteiger charge is 2.59. The van der Waals surface area contributed by atoms with Crippen LogP contribution in [-0.4, -0.2) is 6.18 Å². The highest BCUT2D eigenvalue weighted by atomic mass is 19.4. The molecule has 0 saturated heterocycles. The molecule has 0 aliphatic rings. The first-order valence-corrected chi connectivity index (χ1v) is 13.9. The van der Waals surface area contributed by atoms with Crippen LogP contribution in [0.25, 0.3) is 76.1 Å². The van der Waals surface area contributed by atoms with Crippen LogP contribution in [0.2, 0.25) is 0 Å². The molecular formula is C38H21F5. The van der Waals surface area contributed by atoms with Crippen molar-refractivity contribution in [2.75, 3.05) is 0 Å². The summed E-state index contributed by atoms with van der Waals surface area (Å²) < 4.78 is 70.1. The number of halogens is 5. The number of hydrogen-bond acceptors (Lipinski definition) is 0. The van der Waals surface area contributed by atoms with Crippen LogP contribution < -0.4 is 0 Å². The standard InChI is InChI=1S/C38H21F5/c39-37(40,38(41,42)43)32-21-17-24-14-18-29-30(19-15-23-16-20-31(32)35(24)34(23)29)36-27-12-6-4-10-25(27)33(22-8-2-1-3-9-22)26-11-5-7-13-28(26)36/h1-21H. The highest BCUT2D eigenvalue weighted by molar-refractivity contribution is 6.29. The SMILES string of the molecule is FC(F)(F)C(F)(F)c1ccc2ccc3c(-c4c5ccccc5c(-c5ccccc5)c5ccccc45)ccc4ccc1c2c43. The van der Waals surface area contributed by atoms with E-state index in [-0.39, 0.29) is 5.39 Å². The van der Waals surface area contributed by atoms with E-state index < -0.39 is 17.7 Å². The quantitative estimate of drug-likeness (QED) is 0.112. The van der Waals surface area contributed by atoms with Crippen LogP contribution >= 0.6 is 0 Å². The zero-order valence-corrected chi connectivity index (χ0v) is 22.5. The van der Waals surface area contributed by atoms with Crippen molar-refractivity contribution in [2.24, 2.45) is 0 Å². The van der Waals surface area contributed by atoms with Gasteiger partial charge in [0.1, 0.15) is 0 Å². The van der Waals surface area contributed by atoms with Crippen LogP contribution in [0.15, 0.2) is 127 Å². The van der Waals surface area contributed by atoms with Crippen LogP contribution in [-0.2, 0) is 5.92 Å². The van der Waals surface area contributed by atoms with Crippen LogP contribution in [0.1, 0.15) is 5.56 Å². The van der Waals surface area contributed by atoms with Gasteiger partial charge in [0.2, 0.25) is 0 Å². The molecule has 8 rings (SSSR count). The zero-order chi connectivity index (χ0) is 29.5. The maximum absolute atomic E-state index is 14.8. The largest absolute Gasteiger partial charge is 0.458 e.